The molecule has 0 spiro atoms. The summed E-state index contributed by atoms with van der Waals surface area (Å²) in [6.07, 6.45) is 0. The van der Waals surface area contributed by atoms with E-state index < -0.39 is 0 Å². The van der Waals surface area contributed by atoms with Crippen molar-refractivity contribution in [3.63, 3.8) is 0 Å². The zero-order valence-electron chi connectivity index (χ0n) is 16.8. The second kappa shape index (κ2) is 8.14. The summed E-state index contributed by atoms with van der Waals surface area (Å²) in [5.74, 6) is 1.24. The molecule has 0 aliphatic carbocycles. The van der Waals surface area contributed by atoms with Crippen molar-refractivity contribution in [1.82, 2.24) is 10.3 Å². The number of aryl methyl sites for hydroxylation is 1. The maximum absolute atomic E-state index is 12.5. The maximum atomic E-state index is 12.5. The van der Waals surface area contributed by atoms with E-state index in [1.807, 2.05) is 25.1 Å². The van der Waals surface area contributed by atoms with E-state index in [4.69, 9.17) is 37.7 Å². The number of oxazole rings is 1. The van der Waals surface area contributed by atoms with Crippen LogP contribution in [0.4, 0.5) is 5.69 Å². The number of halogens is 1. The molecule has 32 heavy (non-hydrogen) atoms. The van der Waals surface area contributed by atoms with Crippen molar-refractivity contribution < 1.29 is 18.7 Å². The Kier molecular flexibility index (Phi) is 5.16. The Morgan fingerprint density at radius 1 is 1.06 bits per heavy atom. The summed E-state index contributed by atoms with van der Waals surface area (Å²) in [7, 11) is 0. The van der Waals surface area contributed by atoms with Gasteiger partial charge in [-0.1, -0.05) is 17.7 Å². The molecule has 1 amide bonds. The van der Waals surface area contributed by atoms with Crippen LogP contribution in [0.2, 0.25) is 5.02 Å². The quantitative estimate of drug-likeness (QED) is 0.396. The average Bonchev–Trinajstić information content (AvgIpc) is 3.41. The number of aromatic nitrogens is 1. The van der Waals surface area contributed by atoms with Gasteiger partial charge in [-0.2, -0.15) is 0 Å². The highest BCUT2D eigenvalue weighted by molar-refractivity contribution is 7.80. The third-order valence-electron chi connectivity index (χ3n) is 4.93. The molecule has 2 heterocycles. The first-order chi connectivity index (χ1) is 15.5. The number of hydrogen-bond acceptors (Lipinski definition) is 6. The molecule has 0 unspecified atom stereocenters. The highest BCUT2D eigenvalue weighted by Crippen LogP contribution is 2.32. The van der Waals surface area contributed by atoms with Crippen molar-refractivity contribution in [3.8, 4) is 23.0 Å². The summed E-state index contributed by atoms with van der Waals surface area (Å²) in [6.45, 7) is 2.08. The molecule has 9 heteroatoms. The Morgan fingerprint density at radius 2 is 1.91 bits per heavy atom. The molecule has 1 aliphatic heterocycles. The predicted octanol–water partition coefficient (Wildman–Crippen LogP) is 5.31. The van der Waals surface area contributed by atoms with E-state index in [0.29, 0.717) is 44.8 Å². The van der Waals surface area contributed by atoms with Gasteiger partial charge in [0.25, 0.3) is 5.91 Å². The molecule has 0 saturated heterocycles. The van der Waals surface area contributed by atoms with Crippen molar-refractivity contribution >= 4 is 51.6 Å². The minimum atomic E-state index is -0.359. The van der Waals surface area contributed by atoms with Crippen LogP contribution in [0.5, 0.6) is 11.5 Å². The van der Waals surface area contributed by atoms with Crippen LogP contribution in [-0.4, -0.2) is 22.8 Å². The average molecular weight is 466 g/mol. The van der Waals surface area contributed by atoms with E-state index in [1.54, 1.807) is 36.4 Å². The molecule has 7 nitrogen and oxygen atoms in total. The zero-order chi connectivity index (χ0) is 22.2. The number of ether oxygens (including phenoxy) is 2. The summed E-state index contributed by atoms with van der Waals surface area (Å²) >= 11 is 11.5. The summed E-state index contributed by atoms with van der Waals surface area (Å²) < 4.78 is 16.4. The molecule has 160 valence electrons. The van der Waals surface area contributed by atoms with E-state index in [2.05, 4.69) is 15.6 Å². The van der Waals surface area contributed by atoms with Crippen LogP contribution in [0.25, 0.3) is 22.6 Å². The topological polar surface area (TPSA) is 85.6 Å². The first-order valence-corrected chi connectivity index (χ1v) is 10.4. The number of nitrogens with zero attached hydrogens (tertiary/aromatic N) is 1. The number of amides is 1. The van der Waals surface area contributed by atoms with Crippen molar-refractivity contribution in [2.45, 2.75) is 6.92 Å². The molecule has 2 N–H and O–H groups in total. The fourth-order valence-electron chi connectivity index (χ4n) is 3.23. The lowest BCUT2D eigenvalue weighted by Gasteiger charge is -2.09. The fourth-order valence-corrected chi connectivity index (χ4v) is 3.62. The number of carbonyl (C=O) groups excluding carboxylic acids is 1. The molecule has 1 aromatic heterocycles. The number of thiocarbonyl (C=S) groups is 1. The Labute approximate surface area is 193 Å². The van der Waals surface area contributed by atoms with Gasteiger partial charge in [-0.25, -0.2) is 4.98 Å². The van der Waals surface area contributed by atoms with Gasteiger partial charge in [0.15, 0.2) is 22.2 Å². The van der Waals surface area contributed by atoms with Gasteiger partial charge in [0, 0.05) is 21.8 Å². The second-order valence-electron chi connectivity index (χ2n) is 7.14. The first-order valence-electron chi connectivity index (χ1n) is 9.65. The molecule has 0 bridgehead atoms. The number of benzene rings is 3. The summed E-state index contributed by atoms with van der Waals surface area (Å²) in [6, 6.07) is 16.0. The van der Waals surface area contributed by atoms with Crippen molar-refractivity contribution in [1.29, 1.82) is 0 Å². The second-order valence-corrected chi connectivity index (χ2v) is 7.96. The van der Waals surface area contributed by atoms with Crippen molar-refractivity contribution in [3.05, 3.63) is 70.7 Å². The van der Waals surface area contributed by atoms with Gasteiger partial charge in [-0.05, 0) is 73.2 Å². The fraction of sp³-hybridized carbons (Fsp3) is 0.0870. The Hall–Kier alpha value is -3.62. The molecule has 3 aromatic carbocycles. The smallest absolute Gasteiger partial charge is 0.257 e. The highest BCUT2D eigenvalue weighted by atomic mass is 35.5. The van der Waals surface area contributed by atoms with Gasteiger partial charge in [-0.15, -0.1) is 0 Å². The number of rotatable bonds is 3. The lowest BCUT2D eigenvalue weighted by atomic mass is 10.1. The number of carbonyl (C=O) groups is 1. The molecule has 0 radical (unpaired) electrons. The Balaban J connectivity index is 1.30. The van der Waals surface area contributed by atoms with E-state index in [0.717, 1.165) is 11.1 Å². The van der Waals surface area contributed by atoms with Gasteiger partial charge in [0.1, 0.15) is 5.52 Å². The molecule has 4 aromatic rings. The molecule has 0 saturated carbocycles. The normalized spacial score (nSPS) is 12.1. The van der Waals surface area contributed by atoms with Gasteiger partial charge in [-0.3, -0.25) is 10.1 Å². The van der Waals surface area contributed by atoms with Gasteiger partial charge in [0.2, 0.25) is 12.7 Å². The van der Waals surface area contributed by atoms with Gasteiger partial charge < -0.3 is 19.2 Å². The number of fused-ring (bicyclic) bond motifs is 2. The zero-order valence-corrected chi connectivity index (χ0v) is 18.3. The minimum absolute atomic E-state index is 0.142. The molecule has 0 fully saturated rings. The monoisotopic (exact) mass is 465 g/mol. The van der Waals surface area contributed by atoms with Crippen LogP contribution in [0.1, 0.15) is 15.9 Å². The van der Waals surface area contributed by atoms with Crippen LogP contribution in [0.15, 0.2) is 59.0 Å². The SMILES string of the molecule is Cc1ccc(-c2nc3cc(NC(=S)NC(=O)c4ccc5c(c4)OCO5)ccc3o2)cc1Cl. The van der Waals surface area contributed by atoms with Crippen LogP contribution >= 0.6 is 23.8 Å². The van der Waals surface area contributed by atoms with Crippen molar-refractivity contribution in [2.75, 3.05) is 12.1 Å². The van der Waals surface area contributed by atoms with E-state index in [1.165, 1.54) is 0 Å². The Bertz CT molecular complexity index is 1390. The van der Waals surface area contributed by atoms with Crippen molar-refractivity contribution in [2.24, 2.45) is 0 Å². The largest absolute Gasteiger partial charge is 0.454 e. The highest BCUT2D eigenvalue weighted by Gasteiger charge is 2.17. The molecular formula is C23H16ClN3O4S. The Morgan fingerprint density at radius 3 is 2.75 bits per heavy atom. The summed E-state index contributed by atoms with van der Waals surface area (Å²) in [5, 5.41) is 6.45. The van der Waals surface area contributed by atoms with Crippen LogP contribution in [0.3, 0.4) is 0 Å². The third kappa shape index (κ3) is 3.98. The van der Waals surface area contributed by atoms with Gasteiger partial charge in [0.05, 0.1) is 0 Å². The molecule has 5 rings (SSSR count). The minimum Gasteiger partial charge on any atom is -0.454 e. The first kappa shape index (κ1) is 20.3. The van der Waals surface area contributed by atoms with E-state index in [9.17, 15) is 4.79 Å². The third-order valence-corrected chi connectivity index (χ3v) is 5.54. The van der Waals surface area contributed by atoms with E-state index in [-0.39, 0.29) is 17.8 Å². The molecule has 1 aliphatic rings. The number of nitrogens with one attached hydrogen (secondary N) is 2. The maximum Gasteiger partial charge on any atom is 0.257 e. The van der Waals surface area contributed by atoms with Gasteiger partial charge >= 0.3 is 0 Å². The van der Waals surface area contributed by atoms with E-state index >= 15 is 0 Å². The van der Waals surface area contributed by atoms with Crippen LogP contribution in [0, 0.1) is 6.92 Å². The molecule has 0 atom stereocenters. The van der Waals surface area contributed by atoms with Crippen LogP contribution < -0.4 is 20.1 Å². The molecular weight excluding hydrogens is 450 g/mol. The standard InChI is InChI=1S/C23H16ClN3O4S/c1-12-2-3-14(8-16(12)24)22-26-17-10-15(5-7-18(17)31-22)25-23(32)27-21(28)13-4-6-19-20(9-13)30-11-29-19/h2-10H,11H2,1H3,(H2,25,27,28,32). The number of hydrogen-bond donors (Lipinski definition) is 2. The lowest BCUT2D eigenvalue weighted by Crippen LogP contribution is -2.34. The summed E-state index contributed by atoms with van der Waals surface area (Å²) in [4.78, 5) is 17.0. The summed E-state index contributed by atoms with van der Waals surface area (Å²) in [5.41, 5.74) is 4.11. The lowest BCUT2D eigenvalue weighted by molar-refractivity contribution is 0.0977. The van der Waals surface area contributed by atoms with Crippen LogP contribution in [-0.2, 0) is 0 Å². The predicted molar refractivity (Wildman–Crippen MR) is 125 cm³/mol. The number of anilines is 1.